The molecular formula is C13H15. The zero-order valence-electron chi connectivity index (χ0n) is 8.14. The molecule has 0 aliphatic rings. The summed E-state index contributed by atoms with van der Waals surface area (Å²) in [6.07, 6.45) is 2.90. The van der Waals surface area contributed by atoms with Crippen molar-refractivity contribution in [3.63, 3.8) is 0 Å². The van der Waals surface area contributed by atoms with Gasteiger partial charge in [-0.05, 0) is 30.9 Å². The number of hydrogen-bond donors (Lipinski definition) is 0. The molecule has 0 aliphatic heterocycles. The Morgan fingerprint density at radius 1 is 1.15 bits per heavy atom. The van der Waals surface area contributed by atoms with E-state index in [1.807, 2.05) is 6.92 Å². The molecule has 0 saturated carbocycles. The third-order valence-electron chi connectivity index (χ3n) is 1.96. The van der Waals surface area contributed by atoms with Crippen molar-refractivity contribution in [2.24, 2.45) is 0 Å². The molecule has 0 N–H and O–H groups in total. The summed E-state index contributed by atoms with van der Waals surface area (Å²) < 4.78 is 0. The van der Waals surface area contributed by atoms with Gasteiger partial charge in [-0.2, -0.15) is 0 Å². The monoisotopic (exact) mass is 171 g/mol. The standard InChI is InChI=1S/C13H15/c1-3-5-7-13-10-8-12(6-4-2)9-11-13/h8-11H,2,4,6-7H2,1H3. The average molecular weight is 171 g/mol. The average Bonchev–Trinajstić information content (AvgIpc) is 2.17. The predicted molar refractivity (Wildman–Crippen MR) is 57.3 cm³/mol. The molecule has 0 aromatic heterocycles. The van der Waals surface area contributed by atoms with E-state index in [-0.39, 0.29) is 0 Å². The van der Waals surface area contributed by atoms with Crippen LogP contribution in [0.1, 0.15) is 24.5 Å². The molecule has 0 spiro atoms. The van der Waals surface area contributed by atoms with Gasteiger partial charge in [0.25, 0.3) is 0 Å². The Labute approximate surface area is 81.0 Å². The summed E-state index contributed by atoms with van der Waals surface area (Å²) in [6, 6.07) is 8.63. The Hall–Kier alpha value is -1.22. The zero-order valence-corrected chi connectivity index (χ0v) is 8.14. The van der Waals surface area contributed by atoms with Gasteiger partial charge < -0.3 is 0 Å². The first-order valence-electron chi connectivity index (χ1n) is 4.63. The molecule has 13 heavy (non-hydrogen) atoms. The van der Waals surface area contributed by atoms with E-state index in [0.717, 1.165) is 19.3 Å². The van der Waals surface area contributed by atoms with Crippen molar-refractivity contribution in [3.05, 3.63) is 42.3 Å². The van der Waals surface area contributed by atoms with Crippen LogP contribution < -0.4 is 0 Å². The van der Waals surface area contributed by atoms with E-state index in [0.29, 0.717) is 0 Å². The maximum Gasteiger partial charge on any atom is 0.0340 e. The zero-order chi connectivity index (χ0) is 9.52. The van der Waals surface area contributed by atoms with E-state index in [4.69, 9.17) is 0 Å². The second-order valence-corrected chi connectivity index (χ2v) is 3.02. The Kier molecular flexibility index (Phi) is 4.12. The Balaban J connectivity index is 2.62. The largest absolute Gasteiger partial charge is 0.106 e. The summed E-state index contributed by atoms with van der Waals surface area (Å²) in [6.45, 7) is 5.70. The number of rotatable bonds is 3. The summed E-state index contributed by atoms with van der Waals surface area (Å²) in [7, 11) is 0. The van der Waals surface area contributed by atoms with E-state index in [1.165, 1.54) is 11.1 Å². The van der Waals surface area contributed by atoms with Crippen LogP contribution in [0.2, 0.25) is 0 Å². The highest BCUT2D eigenvalue weighted by Crippen LogP contribution is 2.06. The van der Waals surface area contributed by atoms with E-state index in [1.54, 1.807) is 0 Å². The van der Waals surface area contributed by atoms with E-state index < -0.39 is 0 Å². The second kappa shape index (κ2) is 5.43. The molecule has 1 aromatic rings. The SMILES string of the molecule is [CH2]CCc1ccc(CC#CC)cc1. The van der Waals surface area contributed by atoms with Crippen molar-refractivity contribution < 1.29 is 0 Å². The van der Waals surface area contributed by atoms with Crippen LogP contribution in [0, 0.1) is 18.8 Å². The molecular weight excluding hydrogens is 156 g/mol. The first-order chi connectivity index (χ1) is 6.36. The van der Waals surface area contributed by atoms with Crippen molar-refractivity contribution in [1.29, 1.82) is 0 Å². The minimum atomic E-state index is 0.862. The van der Waals surface area contributed by atoms with Gasteiger partial charge in [-0.1, -0.05) is 37.1 Å². The summed E-state index contributed by atoms with van der Waals surface area (Å²) in [4.78, 5) is 0. The Morgan fingerprint density at radius 3 is 2.31 bits per heavy atom. The summed E-state index contributed by atoms with van der Waals surface area (Å²) in [5.74, 6) is 5.95. The third kappa shape index (κ3) is 3.34. The molecule has 0 heteroatoms. The Morgan fingerprint density at radius 2 is 1.77 bits per heavy atom. The molecule has 0 aliphatic carbocycles. The molecule has 0 saturated heterocycles. The van der Waals surface area contributed by atoms with Crippen molar-refractivity contribution in [3.8, 4) is 11.8 Å². The quantitative estimate of drug-likeness (QED) is 0.613. The second-order valence-electron chi connectivity index (χ2n) is 3.02. The summed E-state index contributed by atoms with van der Waals surface area (Å²) in [5, 5.41) is 0. The summed E-state index contributed by atoms with van der Waals surface area (Å²) in [5.41, 5.74) is 2.66. The third-order valence-corrected chi connectivity index (χ3v) is 1.96. The van der Waals surface area contributed by atoms with E-state index in [2.05, 4.69) is 43.0 Å². The van der Waals surface area contributed by atoms with Crippen LogP contribution in [0.5, 0.6) is 0 Å². The molecule has 67 valence electrons. The first kappa shape index (κ1) is 9.86. The maximum atomic E-state index is 3.83. The normalized spacial score (nSPS) is 9.08. The highest BCUT2D eigenvalue weighted by atomic mass is 14.0. The lowest BCUT2D eigenvalue weighted by Crippen LogP contribution is -1.85. The molecule has 1 radical (unpaired) electrons. The van der Waals surface area contributed by atoms with Gasteiger partial charge in [0.2, 0.25) is 0 Å². The van der Waals surface area contributed by atoms with Crippen molar-refractivity contribution >= 4 is 0 Å². The highest BCUT2D eigenvalue weighted by Gasteiger charge is 1.91. The minimum absolute atomic E-state index is 0.862. The smallest absolute Gasteiger partial charge is 0.0340 e. The first-order valence-corrected chi connectivity index (χ1v) is 4.63. The summed E-state index contributed by atoms with van der Waals surface area (Å²) >= 11 is 0. The van der Waals surface area contributed by atoms with E-state index >= 15 is 0 Å². The van der Waals surface area contributed by atoms with Gasteiger partial charge >= 0.3 is 0 Å². The fourth-order valence-corrected chi connectivity index (χ4v) is 1.22. The van der Waals surface area contributed by atoms with Crippen LogP contribution in [0.4, 0.5) is 0 Å². The van der Waals surface area contributed by atoms with Crippen molar-refractivity contribution in [2.45, 2.75) is 26.2 Å². The van der Waals surface area contributed by atoms with Crippen LogP contribution in [-0.4, -0.2) is 0 Å². The van der Waals surface area contributed by atoms with Gasteiger partial charge in [-0.15, -0.1) is 5.92 Å². The van der Waals surface area contributed by atoms with Crippen LogP contribution in [0.3, 0.4) is 0 Å². The maximum absolute atomic E-state index is 3.83. The minimum Gasteiger partial charge on any atom is -0.106 e. The molecule has 0 amide bonds. The number of aryl methyl sites for hydroxylation is 1. The van der Waals surface area contributed by atoms with Crippen LogP contribution in [0.15, 0.2) is 24.3 Å². The molecule has 0 nitrogen and oxygen atoms in total. The molecule has 0 bridgehead atoms. The van der Waals surface area contributed by atoms with E-state index in [9.17, 15) is 0 Å². The highest BCUT2D eigenvalue weighted by molar-refractivity contribution is 5.25. The van der Waals surface area contributed by atoms with Gasteiger partial charge in [0, 0.05) is 6.42 Å². The number of hydrogen-bond acceptors (Lipinski definition) is 0. The molecule has 1 aromatic carbocycles. The molecule has 1 rings (SSSR count). The Bertz CT molecular complexity index is 295. The van der Waals surface area contributed by atoms with Crippen molar-refractivity contribution in [2.75, 3.05) is 0 Å². The molecule has 0 heterocycles. The molecule has 0 unspecified atom stereocenters. The van der Waals surface area contributed by atoms with Crippen LogP contribution >= 0.6 is 0 Å². The lowest BCUT2D eigenvalue weighted by Gasteiger charge is -1.99. The fraction of sp³-hybridized carbons (Fsp3) is 0.308. The van der Waals surface area contributed by atoms with Gasteiger partial charge in [0.15, 0.2) is 0 Å². The van der Waals surface area contributed by atoms with Crippen LogP contribution in [-0.2, 0) is 12.8 Å². The topological polar surface area (TPSA) is 0 Å². The fourth-order valence-electron chi connectivity index (χ4n) is 1.22. The van der Waals surface area contributed by atoms with Gasteiger partial charge in [0.05, 0.1) is 0 Å². The molecule has 0 fully saturated rings. The predicted octanol–water partition coefficient (Wildman–Crippen LogP) is 3.02. The van der Waals surface area contributed by atoms with Gasteiger partial charge in [-0.25, -0.2) is 0 Å². The van der Waals surface area contributed by atoms with Crippen molar-refractivity contribution in [1.82, 2.24) is 0 Å². The van der Waals surface area contributed by atoms with Crippen LogP contribution in [0.25, 0.3) is 0 Å². The lowest BCUT2D eigenvalue weighted by atomic mass is 10.1. The number of benzene rings is 1. The lowest BCUT2D eigenvalue weighted by molar-refractivity contribution is 0.997. The van der Waals surface area contributed by atoms with Gasteiger partial charge in [-0.3, -0.25) is 0 Å². The molecule has 0 atom stereocenters. The van der Waals surface area contributed by atoms with Gasteiger partial charge in [0.1, 0.15) is 0 Å².